The summed E-state index contributed by atoms with van der Waals surface area (Å²) in [6.07, 6.45) is 0. The maximum absolute atomic E-state index is 10.3. The first-order valence-electron chi connectivity index (χ1n) is 20.7. The Bertz CT molecular complexity index is 3370. The first-order chi connectivity index (χ1) is 30.4. The Labute approximate surface area is 360 Å². The third kappa shape index (κ3) is 5.83. The van der Waals surface area contributed by atoms with Gasteiger partial charge in [-0.3, -0.25) is 0 Å². The number of benzene rings is 8. The van der Waals surface area contributed by atoms with E-state index >= 15 is 0 Å². The molecule has 0 aliphatic heterocycles. The minimum absolute atomic E-state index is 0.251. The Hall–Kier alpha value is -8.38. The van der Waals surface area contributed by atoms with E-state index in [1.165, 1.54) is 27.6 Å². The molecule has 0 bridgehead atoms. The van der Waals surface area contributed by atoms with Crippen LogP contribution in [0.15, 0.2) is 188 Å². The van der Waals surface area contributed by atoms with E-state index in [4.69, 9.17) is 16.5 Å². The monoisotopic (exact) mass is 791 g/mol. The van der Waals surface area contributed by atoms with Crippen molar-refractivity contribution >= 4 is 27.5 Å². The third-order valence-electron chi connectivity index (χ3n) is 12.4. The van der Waals surface area contributed by atoms with Crippen molar-refractivity contribution in [2.45, 2.75) is 19.3 Å². The molecule has 1 aliphatic rings. The van der Waals surface area contributed by atoms with Gasteiger partial charge in [0.1, 0.15) is 0 Å². The van der Waals surface area contributed by atoms with Crippen LogP contribution in [0, 0.1) is 17.9 Å². The molecule has 8 aromatic carbocycles. The summed E-state index contributed by atoms with van der Waals surface area (Å²) in [7, 11) is 0. The molecule has 1 aliphatic carbocycles. The van der Waals surface area contributed by atoms with E-state index in [0.29, 0.717) is 17.1 Å². The molecule has 290 valence electrons. The molecule has 11 rings (SSSR count). The van der Waals surface area contributed by atoms with E-state index in [1.54, 1.807) is 0 Å². The van der Waals surface area contributed by atoms with E-state index in [-0.39, 0.29) is 5.41 Å². The molecule has 0 saturated carbocycles. The molecule has 2 heterocycles. The van der Waals surface area contributed by atoms with Crippen LogP contribution in [0.2, 0.25) is 0 Å². The predicted octanol–water partition coefficient (Wildman–Crippen LogP) is 14.6. The molecule has 0 saturated heterocycles. The van der Waals surface area contributed by atoms with Crippen LogP contribution in [0.4, 0.5) is 5.69 Å². The number of nitrogens with zero attached hydrogens (tertiary/aromatic N) is 5. The van der Waals surface area contributed by atoms with Crippen molar-refractivity contribution in [3.63, 3.8) is 0 Å². The lowest BCUT2D eigenvalue weighted by molar-refractivity contribution is 0.666. The van der Waals surface area contributed by atoms with Crippen LogP contribution in [-0.2, 0) is 5.41 Å². The zero-order chi connectivity index (χ0) is 42.0. The van der Waals surface area contributed by atoms with Gasteiger partial charge in [-0.15, -0.1) is 0 Å². The fraction of sp³-hybridized carbons (Fsp3) is 0.0526. The van der Waals surface area contributed by atoms with Gasteiger partial charge in [0, 0.05) is 44.0 Å². The summed E-state index contributed by atoms with van der Waals surface area (Å²) in [6, 6.07) is 66.9. The smallest absolute Gasteiger partial charge is 0.187 e. The summed E-state index contributed by atoms with van der Waals surface area (Å²) in [5, 5.41) is 12.6. The summed E-state index contributed by atoms with van der Waals surface area (Å²) in [4.78, 5) is 14.5. The molecular weight excluding hydrogens is 755 g/mol. The second-order valence-electron chi connectivity index (χ2n) is 16.4. The van der Waals surface area contributed by atoms with Crippen molar-refractivity contribution in [2.75, 3.05) is 0 Å². The fourth-order valence-corrected chi connectivity index (χ4v) is 9.61. The summed E-state index contributed by atoms with van der Waals surface area (Å²) >= 11 is 0. The van der Waals surface area contributed by atoms with Crippen molar-refractivity contribution < 1.29 is 0 Å². The number of fused-ring (bicyclic) bond motifs is 7. The molecule has 2 aromatic heterocycles. The molecule has 5 heteroatoms. The molecule has 0 atom stereocenters. The molecule has 62 heavy (non-hydrogen) atoms. The number of para-hydroxylation sites is 1. The van der Waals surface area contributed by atoms with Crippen LogP contribution in [-0.4, -0.2) is 14.5 Å². The molecule has 0 spiro atoms. The van der Waals surface area contributed by atoms with E-state index in [0.717, 1.165) is 72.4 Å². The highest BCUT2D eigenvalue weighted by Crippen LogP contribution is 2.54. The minimum atomic E-state index is -0.251. The molecule has 0 unspecified atom stereocenters. The van der Waals surface area contributed by atoms with Gasteiger partial charge in [0.25, 0.3) is 0 Å². The molecular formula is C57H37N5. The van der Waals surface area contributed by atoms with E-state index in [1.807, 2.05) is 72.8 Å². The quantitative estimate of drug-likeness (QED) is 0.158. The van der Waals surface area contributed by atoms with Crippen LogP contribution in [0.1, 0.15) is 30.5 Å². The van der Waals surface area contributed by atoms with Gasteiger partial charge in [-0.25, -0.2) is 14.8 Å². The standard InChI is InChI=1S/C57H37N5/c1-57(2)48-26-12-10-24-43(48)44-28-29-52-53(54(44)57)45-25-11-13-27-51(45)62(52)55-46(39-21-14-16-36(30-39)35-58)32-41(33-47(55)40-22-15-23-42(31-40)59-3)56-60-49(37-17-6-4-7-18-37)34-50(61-56)38-19-8-5-9-20-38/h4-34H,1-2H3. The minimum Gasteiger partial charge on any atom is -0.308 e. The van der Waals surface area contributed by atoms with Gasteiger partial charge in [0.2, 0.25) is 0 Å². The van der Waals surface area contributed by atoms with Gasteiger partial charge in [0.15, 0.2) is 11.5 Å². The van der Waals surface area contributed by atoms with Crippen molar-refractivity contribution in [3.8, 4) is 79.0 Å². The van der Waals surface area contributed by atoms with Gasteiger partial charge in [0.05, 0.1) is 46.3 Å². The zero-order valence-corrected chi connectivity index (χ0v) is 34.1. The van der Waals surface area contributed by atoms with Crippen LogP contribution < -0.4 is 0 Å². The summed E-state index contributed by atoms with van der Waals surface area (Å²) in [5.74, 6) is 0.566. The van der Waals surface area contributed by atoms with E-state index in [9.17, 15) is 5.26 Å². The van der Waals surface area contributed by atoms with Crippen molar-refractivity contribution in [1.82, 2.24) is 14.5 Å². The SMILES string of the molecule is [C-]#[N+]c1cccc(-c2cc(-c3nc(-c4ccccc4)cc(-c4ccccc4)n3)cc(-c3cccc(C#N)c3)c2-n2c3ccccc3c3c4c(ccc32)-c2ccccc2C4(C)C)c1. The van der Waals surface area contributed by atoms with Gasteiger partial charge in [-0.1, -0.05) is 153 Å². The highest BCUT2D eigenvalue weighted by Gasteiger charge is 2.38. The second kappa shape index (κ2) is 14.4. The Morgan fingerprint density at radius 3 is 1.84 bits per heavy atom. The van der Waals surface area contributed by atoms with Crippen molar-refractivity contribution in [1.29, 1.82) is 5.26 Å². The number of nitriles is 1. The lowest BCUT2D eigenvalue weighted by Gasteiger charge is -2.23. The second-order valence-corrected chi connectivity index (χ2v) is 16.4. The molecule has 0 N–H and O–H groups in total. The summed E-state index contributed by atoms with van der Waals surface area (Å²) < 4.78 is 2.40. The molecule has 10 aromatic rings. The Kier molecular flexibility index (Phi) is 8.53. The Morgan fingerprint density at radius 1 is 0.532 bits per heavy atom. The highest BCUT2D eigenvalue weighted by molar-refractivity contribution is 6.15. The van der Waals surface area contributed by atoms with Gasteiger partial charge in [-0.05, 0) is 81.9 Å². The van der Waals surface area contributed by atoms with Crippen LogP contribution >= 0.6 is 0 Å². The Balaban J connectivity index is 1.29. The number of hydrogen-bond acceptors (Lipinski definition) is 3. The lowest BCUT2D eigenvalue weighted by Crippen LogP contribution is -2.15. The average Bonchev–Trinajstić information content (AvgIpc) is 3.79. The number of hydrogen-bond donors (Lipinski definition) is 0. The number of aromatic nitrogens is 3. The Morgan fingerprint density at radius 2 is 1.15 bits per heavy atom. The largest absolute Gasteiger partial charge is 0.308 e. The molecule has 5 nitrogen and oxygen atoms in total. The fourth-order valence-electron chi connectivity index (χ4n) is 9.61. The first kappa shape index (κ1) is 36.7. The maximum atomic E-state index is 10.3. The zero-order valence-electron chi connectivity index (χ0n) is 34.1. The van der Waals surface area contributed by atoms with Crippen molar-refractivity contribution in [3.05, 3.63) is 216 Å². The van der Waals surface area contributed by atoms with Crippen LogP contribution in [0.3, 0.4) is 0 Å². The van der Waals surface area contributed by atoms with Gasteiger partial charge >= 0.3 is 0 Å². The summed E-state index contributed by atoms with van der Waals surface area (Å²) in [6.45, 7) is 12.7. The van der Waals surface area contributed by atoms with E-state index < -0.39 is 0 Å². The highest BCUT2D eigenvalue weighted by atomic mass is 15.0. The third-order valence-corrected chi connectivity index (χ3v) is 12.4. The topological polar surface area (TPSA) is 58.9 Å². The maximum Gasteiger partial charge on any atom is 0.187 e. The molecule has 0 amide bonds. The number of rotatable bonds is 6. The van der Waals surface area contributed by atoms with Crippen LogP contribution in [0.25, 0.3) is 99.6 Å². The van der Waals surface area contributed by atoms with Gasteiger partial charge in [-0.2, -0.15) is 5.26 Å². The van der Waals surface area contributed by atoms with E-state index in [2.05, 4.69) is 145 Å². The predicted molar refractivity (Wildman–Crippen MR) is 252 cm³/mol. The lowest BCUT2D eigenvalue weighted by atomic mass is 9.80. The van der Waals surface area contributed by atoms with Gasteiger partial charge < -0.3 is 4.57 Å². The normalized spacial score (nSPS) is 12.5. The van der Waals surface area contributed by atoms with Crippen molar-refractivity contribution in [2.24, 2.45) is 0 Å². The average molecular weight is 792 g/mol. The summed E-state index contributed by atoms with van der Waals surface area (Å²) in [5.41, 5.74) is 17.1. The molecule has 0 fully saturated rings. The first-order valence-corrected chi connectivity index (χ1v) is 20.7. The molecule has 0 radical (unpaired) electrons. The van der Waals surface area contributed by atoms with Crippen LogP contribution in [0.5, 0.6) is 0 Å².